The van der Waals surface area contributed by atoms with E-state index in [-0.39, 0.29) is 0 Å². The third-order valence-corrected chi connectivity index (χ3v) is 4.17. The first-order valence-corrected chi connectivity index (χ1v) is 6.92. The van der Waals surface area contributed by atoms with E-state index >= 15 is 0 Å². The maximum Gasteiger partial charge on any atom is 0.123 e. The van der Waals surface area contributed by atoms with E-state index < -0.39 is 0 Å². The molecule has 0 bridgehead atoms. The van der Waals surface area contributed by atoms with Crippen LogP contribution in [0.1, 0.15) is 17.7 Å². The van der Waals surface area contributed by atoms with Crippen LogP contribution in [0.5, 0.6) is 0 Å². The standard InChI is InChI=1S/C14H16N2S/c1-11-10-15-14(17-11)12-4-6-13(7-5-12)16-8-2-3-9-16/h4-7,10H,2-3,8-9H2,1H3. The van der Waals surface area contributed by atoms with Crippen molar-refractivity contribution in [2.75, 3.05) is 18.0 Å². The van der Waals surface area contributed by atoms with E-state index in [0.29, 0.717) is 0 Å². The van der Waals surface area contributed by atoms with Gasteiger partial charge in [0.05, 0.1) is 0 Å². The maximum absolute atomic E-state index is 4.42. The molecule has 1 aromatic heterocycles. The predicted molar refractivity (Wildman–Crippen MR) is 73.7 cm³/mol. The van der Waals surface area contributed by atoms with Crippen LogP contribution >= 0.6 is 11.3 Å². The van der Waals surface area contributed by atoms with Crippen LogP contribution in [0.3, 0.4) is 0 Å². The molecule has 2 nitrogen and oxygen atoms in total. The summed E-state index contributed by atoms with van der Waals surface area (Å²) in [5, 5.41) is 1.12. The van der Waals surface area contributed by atoms with E-state index in [1.54, 1.807) is 11.3 Å². The molecule has 0 amide bonds. The van der Waals surface area contributed by atoms with Crippen molar-refractivity contribution in [3.8, 4) is 10.6 Å². The van der Waals surface area contributed by atoms with Crippen molar-refractivity contribution in [2.24, 2.45) is 0 Å². The summed E-state index contributed by atoms with van der Waals surface area (Å²) in [5.74, 6) is 0. The van der Waals surface area contributed by atoms with Gasteiger partial charge in [0.25, 0.3) is 0 Å². The zero-order chi connectivity index (χ0) is 11.7. The molecule has 0 atom stereocenters. The van der Waals surface area contributed by atoms with Crippen LogP contribution in [0.2, 0.25) is 0 Å². The Morgan fingerprint density at radius 3 is 2.41 bits per heavy atom. The van der Waals surface area contributed by atoms with Gasteiger partial charge in [-0.3, -0.25) is 0 Å². The Morgan fingerprint density at radius 1 is 1.12 bits per heavy atom. The first-order chi connectivity index (χ1) is 8.33. The quantitative estimate of drug-likeness (QED) is 0.800. The molecule has 2 aromatic rings. The van der Waals surface area contributed by atoms with E-state index in [4.69, 9.17) is 0 Å². The number of rotatable bonds is 2. The van der Waals surface area contributed by atoms with Gasteiger partial charge in [-0.05, 0) is 44.0 Å². The van der Waals surface area contributed by atoms with Gasteiger partial charge >= 0.3 is 0 Å². The van der Waals surface area contributed by atoms with Crippen LogP contribution < -0.4 is 4.90 Å². The van der Waals surface area contributed by atoms with E-state index in [9.17, 15) is 0 Å². The highest BCUT2D eigenvalue weighted by Gasteiger charge is 2.12. The molecule has 0 radical (unpaired) electrons. The molecular weight excluding hydrogens is 228 g/mol. The zero-order valence-corrected chi connectivity index (χ0v) is 10.8. The van der Waals surface area contributed by atoms with Gasteiger partial charge in [-0.2, -0.15) is 0 Å². The first kappa shape index (κ1) is 10.8. The van der Waals surface area contributed by atoms with Crippen molar-refractivity contribution in [2.45, 2.75) is 19.8 Å². The van der Waals surface area contributed by atoms with E-state index in [1.807, 2.05) is 6.20 Å². The predicted octanol–water partition coefficient (Wildman–Crippen LogP) is 3.72. The molecule has 3 rings (SSSR count). The lowest BCUT2D eigenvalue weighted by Crippen LogP contribution is -2.17. The van der Waals surface area contributed by atoms with Gasteiger partial charge in [0.1, 0.15) is 5.01 Å². The highest BCUT2D eigenvalue weighted by Crippen LogP contribution is 2.27. The van der Waals surface area contributed by atoms with Crippen LogP contribution in [0.15, 0.2) is 30.5 Å². The van der Waals surface area contributed by atoms with Crippen LogP contribution in [0, 0.1) is 6.92 Å². The zero-order valence-electron chi connectivity index (χ0n) is 10.0. The number of anilines is 1. The molecule has 1 aliphatic rings. The highest BCUT2D eigenvalue weighted by atomic mass is 32.1. The molecule has 3 heteroatoms. The molecule has 1 saturated heterocycles. The molecule has 2 heterocycles. The summed E-state index contributed by atoms with van der Waals surface area (Å²) >= 11 is 1.75. The second kappa shape index (κ2) is 4.49. The first-order valence-electron chi connectivity index (χ1n) is 6.11. The van der Waals surface area contributed by atoms with Gasteiger partial charge in [-0.25, -0.2) is 4.98 Å². The molecule has 0 unspecified atom stereocenters. The molecule has 1 fully saturated rings. The van der Waals surface area contributed by atoms with Crippen molar-refractivity contribution in [3.05, 3.63) is 35.3 Å². The third kappa shape index (κ3) is 2.20. The molecule has 1 aliphatic heterocycles. The second-order valence-electron chi connectivity index (χ2n) is 4.52. The molecule has 0 aliphatic carbocycles. The summed E-state index contributed by atoms with van der Waals surface area (Å²) in [6.45, 7) is 4.51. The molecular formula is C14H16N2S. The Balaban J connectivity index is 1.84. The lowest BCUT2D eigenvalue weighted by atomic mass is 10.2. The number of hydrogen-bond acceptors (Lipinski definition) is 3. The number of hydrogen-bond donors (Lipinski definition) is 0. The van der Waals surface area contributed by atoms with E-state index in [2.05, 4.69) is 41.1 Å². The Morgan fingerprint density at radius 2 is 1.82 bits per heavy atom. The van der Waals surface area contributed by atoms with Gasteiger partial charge in [-0.1, -0.05) is 0 Å². The molecule has 88 valence electrons. The number of benzene rings is 1. The fraction of sp³-hybridized carbons (Fsp3) is 0.357. The van der Waals surface area contributed by atoms with Gasteiger partial charge < -0.3 is 4.90 Å². The highest BCUT2D eigenvalue weighted by molar-refractivity contribution is 7.14. The summed E-state index contributed by atoms with van der Waals surface area (Å²) < 4.78 is 0. The average Bonchev–Trinajstić information content (AvgIpc) is 3.00. The number of thiazole rings is 1. The average molecular weight is 244 g/mol. The van der Waals surface area contributed by atoms with Crippen molar-refractivity contribution < 1.29 is 0 Å². The van der Waals surface area contributed by atoms with Crippen LogP contribution in [0.4, 0.5) is 5.69 Å². The molecule has 1 aromatic carbocycles. The molecule has 0 spiro atoms. The van der Waals surface area contributed by atoms with Gasteiger partial charge in [0.2, 0.25) is 0 Å². The number of nitrogens with zero attached hydrogens (tertiary/aromatic N) is 2. The molecule has 0 N–H and O–H groups in total. The third-order valence-electron chi connectivity index (χ3n) is 3.21. The SMILES string of the molecule is Cc1cnc(-c2ccc(N3CCCC3)cc2)s1. The minimum atomic E-state index is 1.12. The van der Waals surface area contributed by atoms with Gasteiger partial charge in [-0.15, -0.1) is 11.3 Å². The monoisotopic (exact) mass is 244 g/mol. The Kier molecular flexibility index (Phi) is 2.85. The fourth-order valence-corrected chi connectivity index (χ4v) is 3.05. The summed E-state index contributed by atoms with van der Waals surface area (Å²) in [6.07, 6.45) is 4.59. The van der Waals surface area contributed by atoms with E-state index in [1.165, 1.54) is 42.1 Å². The van der Waals surface area contributed by atoms with Crippen LogP contribution in [-0.2, 0) is 0 Å². The van der Waals surface area contributed by atoms with E-state index in [0.717, 1.165) is 5.01 Å². The number of aryl methyl sites for hydroxylation is 1. The molecule has 17 heavy (non-hydrogen) atoms. The molecule has 0 saturated carbocycles. The fourth-order valence-electron chi connectivity index (χ4n) is 2.28. The lowest BCUT2D eigenvalue weighted by Gasteiger charge is -2.17. The summed E-state index contributed by atoms with van der Waals surface area (Å²) in [4.78, 5) is 8.14. The van der Waals surface area contributed by atoms with Crippen molar-refractivity contribution in [1.29, 1.82) is 0 Å². The van der Waals surface area contributed by atoms with Crippen LogP contribution in [0.25, 0.3) is 10.6 Å². The Bertz CT molecular complexity index is 495. The Labute approximate surface area is 106 Å². The minimum Gasteiger partial charge on any atom is -0.372 e. The van der Waals surface area contributed by atoms with Crippen LogP contribution in [-0.4, -0.2) is 18.1 Å². The normalized spacial score (nSPS) is 15.5. The van der Waals surface area contributed by atoms with Crippen molar-refractivity contribution in [1.82, 2.24) is 4.98 Å². The second-order valence-corrected chi connectivity index (χ2v) is 5.75. The largest absolute Gasteiger partial charge is 0.372 e. The van der Waals surface area contributed by atoms with Gasteiger partial charge in [0.15, 0.2) is 0 Å². The maximum atomic E-state index is 4.42. The number of aromatic nitrogens is 1. The summed E-state index contributed by atoms with van der Waals surface area (Å²) in [7, 11) is 0. The topological polar surface area (TPSA) is 16.1 Å². The lowest BCUT2D eigenvalue weighted by molar-refractivity contribution is 0.949. The minimum absolute atomic E-state index is 1.12. The van der Waals surface area contributed by atoms with Crippen molar-refractivity contribution in [3.63, 3.8) is 0 Å². The van der Waals surface area contributed by atoms with Gasteiger partial charge in [0, 0.05) is 35.4 Å². The Hall–Kier alpha value is -1.35. The summed E-state index contributed by atoms with van der Waals surface area (Å²) in [5.41, 5.74) is 2.57. The summed E-state index contributed by atoms with van der Waals surface area (Å²) in [6, 6.07) is 8.81. The smallest absolute Gasteiger partial charge is 0.123 e. The van der Waals surface area contributed by atoms with Crippen molar-refractivity contribution >= 4 is 17.0 Å².